The lowest BCUT2D eigenvalue weighted by molar-refractivity contribution is -0.119. The number of hydrogen-bond acceptors (Lipinski definition) is 4. The number of ketones is 1. The molecule has 0 saturated heterocycles. The highest BCUT2D eigenvalue weighted by Gasteiger charge is 2.25. The Bertz CT molecular complexity index is 782. The van der Waals surface area contributed by atoms with Crippen LogP contribution in [-0.2, 0) is 11.3 Å². The summed E-state index contributed by atoms with van der Waals surface area (Å²) >= 11 is 1.47. The van der Waals surface area contributed by atoms with Crippen LogP contribution in [0.3, 0.4) is 0 Å². The summed E-state index contributed by atoms with van der Waals surface area (Å²) in [7, 11) is 0. The number of hydrogen-bond donors (Lipinski definition) is 0. The summed E-state index contributed by atoms with van der Waals surface area (Å²) in [5, 5.41) is 1.27. The highest BCUT2D eigenvalue weighted by molar-refractivity contribution is 8.00. The third-order valence-electron chi connectivity index (χ3n) is 4.12. The Kier molecular flexibility index (Phi) is 4.85. The van der Waals surface area contributed by atoms with Gasteiger partial charge in [0.05, 0.1) is 16.2 Å². The first-order valence-corrected chi connectivity index (χ1v) is 9.13. The normalized spacial score (nSPS) is 18.7. The number of aromatic nitrogens is 2. The van der Waals surface area contributed by atoms with E-state index >= 15 is 0 Å². The molecule has 3 rings (SSSR count). The fourth-order valence-corrected chi connectivity index (χ4v) is 4.19. The monoisotopic (exact) mass is 330 g/mol. The first kappa shape index (κ1) is 16.2. The molecule has 0 aliphatic heterocycles. The van der Waals surface area contributed by atoms with Gasteiger partial charge in [-0.15, -0.1) is 0 Å². The predicted molar refractivity (Wildman–Crippen MR) is 94.0 cm³/mol. The van der Waals surface area contributed by atoms with E-state index in [1.807, 2.05) is 24.3 Å². The van der Waals surface area contributed by atoms with Crippen LogP contribution in [0, 0.1) is 5.92 Å². The maximum absolute atomic E-state index is 12.8. The SMILES string of the molecule is CC(C)Cn1c(SC2CCCCC2=O)nc2ccccc2c1=O. The van der Waals surface area contributed by atoms with Gasteiger partial charge in [0, 0.05) is 13.0 Å². The lowest BCUT2D eigenvalue weighted by Gasteiger charge is -2.22. The van der Waals surface area contributed by atoms with E-state index in [-0.39, 0.29) is 10.8 Å². The lowest BCUT2D eigenvalue weighted by atomic mass is 9.99. The van der Waals surface area contributed by atoms with Crippen LogP contribution < -0.4 is 5.56 Å². The molecule has 0 amide bonds. The lowest BCUT2D eigenvalue weighted by Crippen LogP contribution is -2.28. The average Bonchev–Trinajstić information content (AvgIpc) is 2.53. The number of para-hydroxylation sites is 1. The molecule has 1 fully saturated rings. The molecule has 1 heterocycles. The van der Waals surface area contributed by atoms with Gasteiger partial charge >= 0.3 is 0 Å². The zero-order valence-corrected chi connectivity index (χ0v) is 14.4. The Morgan fingerprint density at radius 3 is 2.78 bits per heavy atom. The summed E-state index contributed by atoms with van der Waals surface area (Å²) < 4.78 is 1.75. The summed E-state index contributed by atoms with van der Waals surface area (Å²) in [6.45, 7) is 4.80. The van der Waals surface area contributed by atoms with Crippen LogP contribution in [-0.4, -0.2) is 20.6 Å². The number of rotatable bonds is 4. The fraction of sp³-hybridized carbons (Fsp3) is 0.500. The Morgan fingerprint density at radius 2 is 2.04 bits per heavy atom. The van der Waals surface area contributed by atoms with E-state index in [1.165, 1.54) is 11.8 Å². The first-order chi connectivity index (χ1) is 11.1. The molecule has 0 radical (unpaired) electrons. The van der Waals surface area contributed by atoms with Crippen molar-refractivity contribution in [2.45, 2.75) is 56.5 Å². The zero-order chi connectivity index (χ0) is 16.4. The molecule has 1 atom stereocenters. The van der Waals surface area contributed by atoms with Gasteiger partial charge < -0.3 is 0 Å². The molecular weight excluding hydrogens is 308 g/mol. The number of Topliss-reactive ketones (excluding diaryl/α,β-unsaturated/α-hetero) is 1. The standard InChI is InChI=1S/C18H22N2O2S/c1-12(2)11-20-17(22)13-7-3-4-8-14(13)19-18(20)23-16-10-6-5-9-15(16)21/h3-4,7-8,12,16H,5-6,9-11H2,1-2H3. The van der Waals surface area contributed by atoms with Gasteiger partial charge in [0.1, 0.15) is 5.78 Å². The second kappa shape index (κ2) is 6.87. The van der Waals surface area contributed by atoms with E-state index in [0.717, 1.165) is 19.3 Å². The van der Waals surface area contributed by atoms with E-state index in [9.17, 15) is 9.59 Å². The van der Waals surface area contributed by atoms with E-state index in [4.69, 9.17) is 4.98 Å². The smallest absolute Gasteiger partial charge is 0.262 e. The van der Waals surface area contributed by atoms with Crippen molar-refractivity contribution in [3.05, 3.63) is 34.6 Å². The van der Waals surface area contributed by atoms with Crippen LogP contribution in [0.5, 0.6) is 0 Å². The van der Waals surface area contributed by atoms with Crippen molar-refractivity contribution < 1.29 is 4.79 Å². The fourth-order valence-electron chi connectivity index (χ4n) is 2.97. The predicted octanol–water partition coefficient (Wildman–Crippen LogP) is 3.66. The van der Waals surface area contributed by atoms with Crippen molar-refractivity contribution in [1.29, 1.82) is 0 Å². The molecule has 23 heavy (non-hydrogen) atoms. The van der Waals surface area contributed by atoms with E-state index in [2.05, 4.69) is 13.8 Å². The van der Waals surface area contributed by atoms with Crippen LogP contribution in [0.2, 0.25) is 0 Å². The van der Waals surface area contributed by atoms with Crippen LogP contribution in [0.15, 0.2) is 34.2 Å². The van der Waals surface area contributed by atoms with Crippen LogP contribution in [0.1, 0.15) is 39.5 Å². The maximum Gasteiger partial charge on any atom is 0.262 e. The van der Waals surface area contributed by atoms with Gasteiger partial charge in [-0.25, -0.2) is 4.98 Å². The number of fused-ring (bicyclic) bond motifs is 1. The number of carbonyl (C=O) groups is 1. The number of nitrogens with zero attached hydrogens (tertiary/aromatic N) is 2. The molecule has 122 valence electrons. The van der Waals surface area contributed by atoms with E-state index in [0.29, 0.717) is 40.7 Å². The second-order valence-electron chi connectivity index (χ2n) is 6.54. The summed E-state index contributed by atoms with van der Waals surface area (Å²) in [6, 6.07) is 7.44. The van der Waals surface area contributed by atoms with Crippen LogP contribution in [0.4, 0.5) is 0 Å². The van der Waals surface area contributed by atoms with Gasteiger partial charge in [-0.3, -0.25) is 14.2 Å². The second-order valence-corrected chi connectivity index (χ2v) is 7.71. The van der Waals surface area contributed by atoms with Gasteiger partial charge in [-0.2, -0.15) is 0 Å². The molecule has 5 heteroatoms. The minimum absolute atomic E-state index is 0.00458. The minimum Gasteiger partial charge on any atom is -0.298 e. The van der Waals surface area contributed by atoms with Gasteiger partial charge in [-0.05, 0) is 30.9 Å². The average molecular weight is 330 g/mol. The third kappa shape index (κ3) is 3.50. The van der Waals surface area contributed by atoms with Crippen molar-refractivity contribution in [2.24, 2.45) is 5.92 Å². The molecule has 0 N–H and O–H groups in total. The van der Waals surface area contributed by atoms with Crippen molar-refractivity contribution in [1.82, 2.24) is 9.55 Å². The van der Waals surface area contributed by atoms with E-state index < -0.39 is 0 Å². The number of thioether (sulfide) groups is 1. The molecule has 0 spiro atoms. The van der Waals surface area contributed by atoms with Crippen LogP contribution >= 0.6 is 11.8 Å². The largest absolute Gasteiger partial charge is 0.298 e. The third-order valence-corrected chi connectivity index (χ3v) is 5.43. The summed E-state index contributed by atoms with van der Waals surface area (Å²) in [6.07, 6.45) is 3.60. The summed E-state index contributed by atoms with van der Waals surface area (Å²) in [5.74, 6) is 0.636. The highest BCUT2D eigenvalue weighted by Crippen LogP contribution is 2.31. The summed E-state index contributed by atoms with van der Waals surface area (Å²) in [4.78, 5) is 29.7. The topological polar surface area (TPSA) is 52.0 Å². The molecule has 1 aliphatic rings. The van der Waals surface area contributed by atoms with Gasteiger partial charge in [0.25, 0.3) is 5.56 Å². The number of carbonyl (C=O) groups excluding carboxylic acids is 1. The Balaban J connectivity index is 2.06. The molecule has 4 nitrogen and oxygen atoms in total. The Labute approximate surface area is 140 Å². The Hall–Kier alpha value is -1.62. The molecule has 2 aromatic rings. The van der Waals surface area contributed by atoms with Gasteiger partial charge in [-0.1, -0.05) is 44.2 Å². The molecule has 1 aliphatic carbocycles. The van der Waals surface area contributed by atoms with Gasteiger partial charge in [0.15, 0.2) is 5.16 Å². The molecule has 0 bridgehead atoms. The van der Waals surface area contributed by atoms with Crippen molar-refractivity contribution in [3.8, 4) is 0 Å². The molecule has 1 unspecified atom stereocenters. The van der Waals surface area contributed by atoms with Gasteiger partial charge in [0.2, 0.25) is 0 Å². The van der Waals surface area contributed by atoms with Crippen molar-refractivity contribution in [2.75, 3.05) is 0 Å². The molecular formula is C18H22N2O2S. The first-order valence-electron chi connectivity index (χ1n) is 8.25. The van der Waals surface area contributed by atoms with Crippen molar-refractivity contribution >= 4 is 28.4 Å². The van der Waals surface area contributed by atoms with E-state index in [1.54, 1.807) is 4.57 Å². The maximum atomic E-state index is 12.8. The minimum atomic E-state index is -0.0600. The molecule has 1 aromatic heterocycles. The summed E-state index contributed by atoms with van der Waals surface area (Å²) in [5.41, 5.74) is 0.707. The molecule has 1 aromatic carbocycles. The quantitative estimate of drug-likeness (QED) is 0.803. The zero-order valence-electron chi connectivity index (χ0n) is 13.6. The van der Waals surface area contributed by atoms with Crippen molar-refractivity contribution in [3.63, 3.8) is 0 Å². The Morgan fingerprint density at radius 1 is 1.26 bits per heavy atom. The highest BCUT2D eigenvalue weighted by atomic mass is 32.2. The number of benzene rings is 1. The van der Waals surface area contributed by atoms with Crippen LogP contribution in [0.25, 0.3) is 10.9 Å². The molecule has 1 saturated carbocycles.